The molecule has 4 heteroatoms. The Labute approximate surface area is 80.3 Å². The Morgan fingerprint density at radius 1 is 1.15 bits per heavy atom. The van der Waals surface area contributed by atoms with Crippen LogP contribution in [0.25, 0.3) is 11.3 Å². The van der Waals surface area contributed by atoms with E-state index in [9.17, 15) is 0 Å². The van der Waals surface area contributed by atoms with Crippen molar-refractivity contribution in [1.29, 1.82) is 0 Å². The number of rotatable bonds is 2. The molecule has 0 N–H and O–H groups in total. The fraction of sp³-hybridized carbons (Fsp3) is 0.111. The van der Waals surface area contributed by atoms with Crippen molar-refractivity contribution >= 4 is 11.6 Å². The molecule has 0 aliphatic heterocycles. The summed E-state index contributed by atoms with van der Waals surface area (Å²) in [6, 6.07) is 9.69. The van der Waals surface area contributed by atoms with Crippen LogP contribution in [-0.2, 0) is 5.88 Å². The van der Waals surface area contributed by atoms with Crippen molar-refractivity contribution in [3.8, 4) is 11.3 Å². The van der Waals surface area contributed by atoms with Crippen LogP contribution in [0, 0.1) is 0 Å². The molecule has 0 amide bonds. The van der Waals surface area contributed by atoms with Crippen molar-refractivity contribution in [2.24, 2.45) is 0 Å². The standard InChI is InChI=1S/C9H7ClN2O/c10-6-8-9(12-13-11-8)7-4-2-1-3-5-7/h1-5H,6H2. The molecule has 0 atom stereocenters. The summed E-state index contributed by atoms with van der Waals surface area (Å²) >= 11 is 5.66. The van der Waals surface area contributed by atoms with E-state index in [-0.39, 0.29) is 0 Å². The molecule has 1 aromatic heterocycles. The summed E-state index contributed by atoms with van der Waals surface area (Å²) in [6.07, 6.45) is 0. The van der Waals surface area contributed by atoms with E-state index in [0.717, 1.165) is 11.3 Å². The quantitative estimate of drug-likeness (QED) is 0.690. The predicted octanol–water partition coefficient (Wildman–Crippen LogP) is 2.48. The molecule has 0 aliphatic rings. The molecule has 0 aliphatic carbocycles. The summed E-state index contributed by atoms with van der Waals surface area (Å²) < 4.78 is 4.61. The molecule has 0 radical (unpaired) electrons. The van der Waals surface area contributed by atoms with E-state index in [1.165, 1.54) is 0 Å². The van der Waals surface area contributed by atoms with Gasteiger partial charge in [-0.3, -0.25) is 0 Å². The minimum absolute atomic E-state index is 0.313. The van der Waals surface area contributed by atoms with Gasteiger partial charge in [0.1, 0.15) is 11.4 Å². The molecule has 2 aromatic rings. The monoisotopic (exact) mass is 194 g/mol. The van der Waals surface area contributed by atoms with Gasteiger partial charge in [-0.15, -0.1) is 11.6 Å². The molecule has 1 aromatic carbocycles. The van der Waals surface area contributed by atoms with Crippen LogP contribution in [0.2, 0.25) is 0 Å². The van der Waals surface area contributed by atoms with Gasteiger partial charge in [-0.1, -0.05) is 35.5 Å². The molecule has 1 heterocycles. The van der Waals surface area contributed by atoms with Crippen molar-refractivity contribution in [1.82, 2.24) is 10.3 Å². The maximum atomic E-state index is 5.66. The minimum Gasteiger partial charge on any atom is -0.244 e. The van der Waals surface area contributed by atoms with Crippen molar-refractivity contribution in [3.05, 3.63) is 36.0 Å². The molecule has 0 unspecified atom stereocenters. The molecule has 0 saturated carbocycles. The number of alkyl halides is 1. The van der Waals surface area contributed by atoms with Gasteiger partial charge in [0.15, 0.2) is 0 Å². The first kappa shape index (κ1) is 8.26. The summed E-state index contributed by atoms with van der Waals surface area (Å²) in [4.78, 5) is 0. The number of halogens is 1. The second-order valence-electron chi connectivity index (χ2n) is 2.56. The van der Waals surface area contributed by atoms with E-state index in [2.05, 4.69) is 14.9 Å². The van der Waals surface area contributed by atoms with Crippen LogP contribution in [0.5, 0.6) is 0 Å². The van der Waals surface area contributed by atoms with E-state index in [1.54, 1.807) is 0 Å². The summed E-state index contributed by atoms with van der Waals surface area (Å²) in [6.45, 7) is 0. The third-order valence-corrected chi connectivity index (χ3v) is 1.98. The van der Waals surface area contributed by atoms with Crippen molar-refractivity contribution < 1.29 is 4.63 Å². The normalized spacial score (nSPS) is 10.2. The summed E-state index contributed by atoms with van der Waals surface area (Å²) in [5.41, 5.74) is 2.36. The van der Waals surface area contributed by atoms with Crippen LogP contribution in [0.3, 0.4) is 0 Å². The molecule has 0 bridgehead atoms. The van der Waals surface area contributed by atoms with Gasteiger partial charge in [0.2, 0.25) is 0 Å². The highest BCUT2D eigenvalue weighted by atomic mass is 35.5. The Bertz CT molecular complexity index is 386. The van der Waals surface area contributed by atoms with Crippen molar-refractivity contribution in [3.63, 3.8) is 0 Å². The van der Waals surface area contributed by atoms with E-state index >= 15 is 0 Å². The number of hydrogen-bond donors (Lipinski definition) is 0. The van der Waals surface area contributed by atoms with Crippen LogP contribution >= 0.6 is 11.6 Å². The maximum Gasteiger partial charge on any atom is 0.139 e. The highest BCUT2D eigenvalue weighted by molar-refractivity contribution is 6.17. The van der Waals surface area contributed by atoms with Gasteiger partial charge in [0, 0.05) is 5.56 Å². The van der Waals surface area contributed by atoms with Gasteiger partial charge in [0.25, 0.3) is 0 Å². The molecule has 0 saturated heterocycles. The first-order chi connectivity index (χ1) is 6.42. The fourth-order valence-electron chi connectivity index (χ4n) is 1.11. The van der Waals surface area contributed by atoms with Crippen LogP contribution in [0.1, 0.15) is 5.69 Å². The second-order valence-corrected chi connectivity index (χ2v) is 2.83. The molecule has 66 valence electrons. The summed E-state index contributed by atoms with van der Waals surface area (Å²) in [5, 5.41) is 7.48. The Hall–Kier alpha value is -1.35. The Balaban J connectivity index is 2.47. The molecule has 0 fully saturated rings. The third kappa shape index (κ3) is 1.55. The zero-order chi connectivity index (χ0) is 9.10. The van der Waals surface area contributed by atoms with Crippen LogP contribution < -0.4 is 0 Å². The zero-order valence-electron chi connectivity index (χ0n) is 6.77. The van der Waals surface area contributed by atoms with Crippen LogP contribution in [-0.4, -0.2) is 10.3 Å². The lowest BCUT2D eigenvalue weighted by molar-refractivity contribution is 0.305. The second kappa shape index (κ2) is 3.58. The number of benzene rings is 1. The molecule has 3 nitrogen and oxygen atoms in total. The molecular formula is C9H7ClN2O. The molecule has 0 spiro atoms. The average molecular weight is 195 g/mol. The van der Waals surface area contributed by atoms with Gasteiger partial charge in [-0.25, -0.2) is 4.63 Å². The van der Waals surface area contributed by atoms with Gasteiger partial charge in [0.05, 0.1) is 5.88 Å². The Kier molecular flexibility index (Phi) is 2.27. The lowest BCUT2D eigenvalue weighted by Crippen LogP contribution is -1.83. The molecule has 13 heavy (non-hydrogen) atoms. The lowest BCUT2D eigenvalue weighted by Gasteiger charge is -1.94. The van der Waals surface area contributed by atoms with Crippen molar-refractivity contribution in [2.75, 3.05) is 0 Å². The minimum atomic E-state index is 0.313. The predicted molar refractivity (Wildman–Crippen MR) is 49.3 cm³/mol. The zero-order valence-corrected chi connectivity index (χ0v) is 7.53. The van der Waals surface area contributed by atoms with Crippen molar-refractivity contribution in [2.45, 2.75) is 5.88 Å². The third-order valence-electron chi connectivity index (χ3n) is 1.73. The largest absolute Gasteiger partial charge is 0.244 e. The van der Waals surface area contributed by atoms with Crippen LogP contribution in [0.15, 0.2) is 35.0 Å². The van der Waals surface area contributed by atoms with Gasteiger partial charge >= 0.3 is 0 Å². The highest BCUT2D eigenvalue weighted by Gasteiger charge is 2.09. The lowest BCUT2D eigenvalue weighted by atomic mass is 10.1. The summed E-state index contributed by atoms with van der Waals surface area (Å²) in [7, 11) is 0. The van der Waals surface area contributed by atoms with E-state index in [4.69, 9.17) is 11.6 Å². The van der Waals surface area contributed by atoms with Crippen LogP contribution in [0.4, 0.5) is 0 Å². The van der Waals surface area contributed by atoms with E-state index in [1.807, 2.05) is 30.3 Å². The molecule has 2 rings (SSSR count). The topological polar surface area (TPSA) is 38.9 Å². The maximum absolute atomic E-state index is 5.66. The van der Waals surface area contributed by atoms with E-state index < -0.39 is 0 Å². The highest BCUT2D eigenvalue weighted by Crippen LogP contribution is 2.20. The first-order valence-corrected chi connectivity index (χ1v) is 4.38. The first-order valence-electron chi connectivity index (χ1n) is 3.84. The molecular weight excluding hydrogens is 188 g/mol. The van der Waals surface area contributed by atoms with Gasteiger partial charge in [-0.2, -0.15) is 0 Å². The van der Waals surface area contributed by atoms with Gasteiger partial charge < -0.3 is 0 Å². The smallest absolute Gasteiger partial charge is 0.139 e. The fourth-order valence-corrected chi connectivity index (χ4v) is 1.28. The summed E-state index contributed by atoms with van der Waals surface area (Å²) in [5.74, 6) is 0.313. The SMILES string of the molecule is ClCc1nonc1-c1ccccc1. The Morgan fingerprint density at radius 3 is 2.62 bits per heavy atom. The van der Waals surface area contributed by atoms with E-state index in [0.29, 0.717) is 11.6 Å². The average Bonchev–Trinajstić information content (AvgIpc) is 2.67. The van der Waals surface area contributed by atoms with Gasteiger partial charge in [-0.05, 0) is 5.16 Å². The Morgan fingerprint density at radius 2 is 1.92 bits per heavy atom. The number of nitrogens with zero attached hydrogens (tertiary/aromatic N) is 2. The number of hydrogen-bond acceptors (Lipinski definition) is 3. The number of aromatic nitrogens is 2.